The summed E-state index contributed by atoms with van der Waals surface area (Å²) in [4.78, 5) is 12.4. The van der Waals surface area contributed by atoms with Gasteiger partial charge >= 0.3 is 6.03 Å². The number of carbonyl (C=O) groups is 1. The topological polar surface area (TPSA) is 100 Å². The third-order valence-electron chi connectivity index (χ3n) is 4.94. The van der Waals surface area contributed by atoms with Crippen molar-refractivity contribution in [2.75, 3.05) is 41.4 Å². The Balaban J connectivity index is 1.99. The van der Waals surface area contributed by atoms with Crippen LogP contribution in [0.1, 0.15) is 24.0 Å². The summed E-state index contributed by atoms with van der Waals surface area (Å²) in [5.74, 6) is 1.24. The Hall–Kier alpha value is -2.30. The van der Waals surface area contributed by atoms with E-state index in [0.717, 1.165) is 17.5 Å². The third-order valence-corrected chi connectivity index (χ3v) is 6.85. The summed E-state index contributed by atoms with van der Waals surface area (Å²) in [6.07, 6.45) is 3.81. The van der Waals surface area contributed by atoms with Crippen LogP contribution in [0.4, 0.5) is 4.79 Å². The molecule has 1 atom stereocenters. The number of ether oxygens (including phenoxy) is 2. The van der Waals surface area contributed by atoms with Gasteiger partial charge in [0.25, 0.3) is 10.2 Å². The molecule has 10 heteroatoms. The first-order valence-electron chi connectivity index (χ1n) is 9.79. The first kappa shape index (κ1) is 24.0. The fourth-order valence-corrected chi connectivity index (χ4v) is 4.63. The van der Waals surface area contributed by atoms with Gasteiger partial charge in [0.1, 0.15) is 0 Å². The van der Waals surface area contributed by atoms with Crippen LogP contribution < -0.4 is 20.1 Å². The molecule has 0 bridgehead atoms. The number of rotatable bonds is 9. The zero-order chi connectivity index (χ0) is 22.3. The van der Waals surface area contributed by atoms with Crippen LogP contribution in [0.3, 0.4) is 0 Å². The molecular weight excluding hydrogens is 408 g/mol. The molecule has 1 aliphatic rings. The monoisotopic (exact) mass is 440 g/mol. The minimum Gasteiger partial charge on any atom is -0.493 e. The SMILES string of the molecule is C=CCc1cc(CNC(=O)N[C@@H]2CCCN(S(=O)(=O)N(C)C)C2)cc(OC)c1OC. The molecule has 9 nitrogen and oxygen atoms in total. The highest BCUT2D eigenvalue weighted by Crippen LogP contribution is 2.33. The Kier molecular flexibility index (Phi) is 8.51. The number of urea groups is 1. The molecule has 2 N–H and O–H groups in total. The van der Waals surface area contributed by atoms with Crippen LogP contribution in [0.5, 0.6) is 11.5 Å². The second-order valence-electron chi connectivity index (χ2n) is 7.30. The average Bonchev–Trinajstić information content (AvgIpc) is 2.72. The van der Waals surface area contributed by atoms with Gasteiger partial charge in [-0.25, -0.2) is 4.79 Å². The van der Waals surface area contributed by atoms with E-state index in [1.807, 2.05) is 12.1 Å². The fourth-order valence-electron chi connectivity index (χ4n) is 3.44. The van der Waals surface area contributed by atoms with Crippen molar-refractivity contribution in [1.29, 1.82) is 0 Å². The van der Waals surface area contributed by atoms with Gasteiger partial charge in [-0.05, 0) is 37.0 Å². The molecule has 2 rings (SSSR count). The zero-order valence-corrected chi connectivity index (χ0v) is 18.9. The van der Waals surface area contributed by atoms with Crippen molar-refractivity contribution < 1.29 is 22.7 Å². The van der Waals surface area contributed by atoms with Gasteiger partial charge < -0.3 is 20.1 Å². The van der Waals surface area contributed by atoms with Gasteiger partial charge in [0.2, 0.25) is 0 Å². The second-order valence-corrected chi connectivity index (χ2v) is 9.44. The van der Waals surface area contributed by atoms with Crippen LogP contribution in [0.2, 0.25) is 0 Å². The van der Waals surface area contributed by atoms with Crippen molar-refractivity contribution in [3.8, 4) is 11.5 Å². The predicted octanol–water partition coefficient (Wildman–Crippen LogP) is 1.50. The van der Waals surface area contributed by atoms with Gasteiger partial charge in [0.15, 0.2) is 11.5 Å². The molecule has 30 heavy (non-hydrogen) atoms. The number of benzene rings is 1. The summed E-state index contributed by atoms with van der Waals surface area (Å²) in [5.41, 5.74) is 1.78. The lowest BCUT2D eigenvalue weighted by atomic mass is 10.1. The van der Waals surface area contributed by atoms with E-state index in [2.05, 4.69) is 17.2 Å². The fraction of sp³-hybridized carbons (Fsp3) is 0.550. The lowest BCUT2D eigenvalue weighted by Crippen LogP contribution is -2.53. The van der Waals surface area contributed by atoms with E-state index in [1.165, 1.54) is 22.7 Å². The van der Waals surface area contributed by atoms with E-state index in [-0.39, 0.29) is 18.6 Å². The molecule has 168 valence electrons. The molecule has 0 saturated carbocycles. The largest absolute Gasteiger partial charge is 0.493 e. The van der Waals surface area contributed by atoms with Crippen LogP contribution in [0.25, 0.3) is 0 Å². The summed E-state index contributed by atoms with van der Waals surface area (Å²) < 4.78 is 38.1. The van der Waals surface area contributed by atoms with E-state index in [4.69, 9.17) is 9.47 Å². The average molecular weight is 441 g/mol. The molecular formula is C20H32N4O5S. The van der Waals surface area contributed by atoms with Crippen LogP contribution >= 0.6 is 0 Å². The van der Waals surface area contributed by atoms with Crippen LogP contribution in [-0.4, -0.2) is 70.5 Å². The lowest BCUT2D eigenvalue weighted by Gasteiger charge is -2.33. The van der Waals surface area contributed by atoms with Crippen molar-refractivity contribution in [2.45, 2.75) is 31.8 Å². The first-order chi connectivity index (χ1) is 14.2. The normalized spacial score (nSPS) is 17.4. The first-order valence-corrected chi connectivity index (χ1v) is 11.2. The maximum atomic E-state index is 12.4. The number of hydrogen-bond acceptors (Lipinski definition) is 5. The minimum atomic E-state index is -3.49. The minimum absolute atomic E-state index is 0.241. The molecule has 1 heterocycles. The quantitative estimate of drug-likeness (QED) is 0.567. The van der Waals surface area contributed by atoms with E-state index < -0.39 is 10.2 Å². The molecule has 0 aliphatic carbocycles. The lowest BCUT2D eigenvalue weighted by molar-refractivity contribution is 0.223. The molecule has 1 fully saturated rings. The predicted molar refractivity (Wildman–Crippen MR) is 116 cm³/mol. The molecule has 0 radical (unpaired) electrons. The number of methoxy groups -OCH3 is 2. The Labute approximate surface area is 179 Å². The standard InChI is InChI=1S/C20H32N4O5S/c1-6-8-16-11-15(12-18(28-4)19(16)29-5)13-21-20(25)22-17-9-7-10-24(14-17)30(26,27)23(2)3/h6,11-12,17H,1,7-10,13-14H2,2-5H3,(H2,21,22,25)/t17-/m1/s1. The van der Waals surface area contributed by atoms with Crippen LogP contribution in [0, 0.1) is 0 Å². The maximum Gasteiger partial charge on any atom is 0.315 e. The summed E-state index contributed by atoms with van der Waals surface area (Å²) in [5, 5.41) is 5.70. The third kappa shape index (κ3) is 5.87. The molecule has 1 aromatic rings. The highest BCUT2D eigenvalue weighted by molar-refractivity contribution is 7.86. The number of nitrogens with one attached hydrogen (secondary N) is 2. The van der Waals surface area contributed by atoms with Crippen molar-refractivity contribution in [3.05, 3.63) is 35.9 Å². The number of hydrogen-bond donors (Lipinski definition) is 2. The van der Waals surface area contributed by atoms with Crippen molar-refractivity contribution in [1.82, 2.24) is 19.2 Å². The van der Waals surface area contributed by atoms with E-state index in [1.54, 1.807) is 20.3 Å². The molecule has 1 aliphatic heterocycles. The van der Waals surface area contributed by atoms with Gasteiger partial charge in [0.05, 0.1) is 14.2 Å². The Morgan fingerprint density at radius 2 is 2.07 bits per heavy atom. The Bertz CT molecular complexity index is 857. The van der Waals surface area contributed by atoms with Gasteiger partial charge in [0, 0.05) is 45.3 Å². The highest BCUT2D eigenvalue weighted by Gasteiger charge is 2.31. The van der Waals surface area contributed by atoms with Crippen molar-refractivity contribution in [3.63, 3.8) is 0 Å². The Morgan fingerprint density at radius 1 is 1.33 bits per heavy atom. The van der Waals surface area contributed by atoms with E-state index >= 15 is 0 Å². The molecule has 1 saturated heterocycles. The molecule has 0 aromatic heterocycles. The second kappa shape index (κ2) is 10.6. The van der Waals surface area contributed by atoms with Gasteiger partial charge in [-0.15, -0.1) is 6.58 Å². The number of nitrogens with zero attached hydrogens (tertiary/aromatic N) is 2. The number of carbonyl (C=O) groups excluding carboxylic acids is 1. The number of piperidine rings is 1. The van der Waals surface area contributed by atoms with Crippen LogP contribution in [-0.2, 0) is 23.2 Å². The van der Waals surface area contributed by atoms with Gasteiger partial charge in [-0.2, -0.15) is 17.0 Å². The van der Waals surface area contributed by atoms with Crippen molar-refractivity contribution >= 4 is 16.2 Å². The molecule has 0 unspecified atom stereocenters. The zero-order valence-electron chi connectivity index (χ0n) is 18.1. The highest BCUT2D eigenvalue weighted by atomic mass is 32.2. The molecule has 1 aromatic carbocycles. The van der Waals surface area contributed by atoms with E-state index in [0.29, 0.717) is 37.4 Å². The summed E-state index contributed by atoms with van der Waals surface area (Å²) >= 11 is 0. The van der Waals surface area contributed by atoms with Gasteiger partial charge in [-0.3, -0.25) is 0 Å². The smallest absolute Gasteiger partial charge is 0.315 e. The number of amides is 2. The summed E-state index contributed by atoms with van der Waals surface area (Å²) in [7, 11) is 2.67. The molecule has 2 amide bonds. The maximum absolute atomic E-state index is 12.4. The van der Waals surface area contributed by atoms with E-state index in [9.17, 15) is 13.2 Å². The summed E-state index contributed by atoms with van der Waals surface area (Å²) in [6, 6.07) is 3.17. The molecule has 0 spiro atoms. The van der Waals surface area contributed by atoms with Crippen molar-refractivity contribution in [2.24, 2.45) is 0 Å². The van der Waals surface area contributed by atoms with Crippen LogP contribution in [0.15, 0.2) is 24.8 Å². The van der Waals surface area contributed by atoms with Gasteiger partial charge in [-0.1, -0.05) is 6.08 Å². The Morgan fingerprint density at radius 3 is 2.67 bits per heavy atom. The summed E-state index contributed by atoms with van der Waals surface area (Å²) in [6.45, 7) is 4.77. The number of allylic oxidation sites excluding steroid dienone is 1.